The standard InChI is InChI=1S/C15H22N2O5S/c1-21-11-15(18)17-9-7-12(8-10-17)16-23(19,20)14-5-3-13(22-2)4-6-14/h3-6,12,16H,7-11H2,1-2H3. The van der Waals surface area contributed by atoms with Gasteiger partial charge in [0.25, 0.3) is 0 Å². The van der Waals surface area contributed by atoms with Gasteiger partial charge in [0, 0.05) is 26.2 Å². The summed E-state index contributed by atoms with van der Waals surface area (Å²) in [5.41, 5.74) is 0. The van der Waals surface area contributed by atoms with Crippen molar-refractivity contribution in [3.8, 4) is 5.75 Å². The number of piperidine rings is 1. The number of likely N-dealkylation sites (tertiary alicyclic amines) is 1. The Morgan fingerprint density at radius 3 is 2.35 bits per heavy atom. The summed E-state index contributed by atoms with van der Waals surface area (Å²) < 4.78 is 37.3. The van der Waals surface area contributed by atoms with Crippen LogP contribution >= 0.6 is 0 Å². The van der Waals surface area contributed by atoms with Crippen LogP contribution in [0, 0.1) is 0 Å². The quantitative estimate of drug-likeness (QED) is 0.819. The van der Waals surface area contributed by atoms with Crippen molar-refractivity contribution < 1.29 is 22.7 Å². The summed E-state index contributed by atoms with van der Waals surface area (Å²) in [6.07, 6.45) is 1.18. The van der Waals surface area contributed by atoms with Crippen LogP contribution in [-0.2, 0) is 19.6 Å². The van der Waals surface area contributed by atoms with E-state index in [2.05, 4.69) is 4.72 Å². The lowest BCUT2D eigenvalue weighted by atomic mass is 10.1. The molecule has 0 aromatic heterocycles. The van der Waals surface area contributed by atoms with Crippen molar-refractivity contribution in [2.75, 3.05) is 33.9 Å². The predicted octanol–water partition coefficient (Wildman–Crippen LogP) is 0.611. The number of hydrogen-bond acceptors (Lipinski definition) is 5. The van der Waals surface area contributed by atoms with Gasteiger partial charge in [0.1, 0.15) is 12.4 Å². The van der Waals surface area contributed by atoms with E-state index >= 15 is 0 Å². The fraction of sp³-hybridized carbons (Fsp3) is 0.533. The van der Waals surface area contributed by atoms with Crippen LogP contribution in [0.3, 0.4) is 0 Å². The number of hydrogen-bond donors (Lipinski definition) is 1. The van der Waals surface area contributed by atoms with Crippen molar-refractivity contribution >= 4 is 15.9 Å². The van der Waals surface area contributed by atoms with Crippen molar-refractivity contribution in [2.24, 2.45) is 0 Å². The Hall–Kier alpha value is -1.64. The van der Waals surface area contributed by atoms with Gasteiger partial charge in [-0.1, -0.05) is 0 Å². The molecule has 0 bridgehead atoms. The van der Waals surface area contributed by atoms with Gasteiger partial charge in [0.05, 0.1) is 12.0 Å². The molecule has 1 saturated heterocycles. The van der Waals surface area contributed by atoms with Crippen molar-refractivity contribution in [1.82, 2.24) is 9.62 Å². The summed E-state index contributed by atoms with van der Waals surface area (Å²) >= 11 is 0. The van der Waals surface area contributed by atoms with Crippen molar-refractivity contribution in [1.29, 1.82) is 0 Å². The van der Waals surface area contributed by atoms with Gasteiger partial charge >= 0.3 is 0 Å². The maximum Gasteiger partial charge on any atom is 0.248 e. The topological polar surface area (TPSA) is 84.9 Å². The Morgan fingerprint density at radius 2 is 1.83 bits per heavy atom. The minimum absolute atomic E-state index is 0.0578. The molecular weight excluding hydrogens is 320 g/mol. The van der Waals surface area contributed by atoms with Crippen LogP contribution in [0.25, 0.3) is 0 Å². The molecule has 23 heavy (non-hydrogen) atoms. The Labute approximate surface area is 136 Å². The Kier molecular flexibility index (Phi) is 5.97. The van der Waals surface area contributed by atoms with Gasteiger partial charge < -0.3 is 14.4 Å². The highest BCUT2D eigenvalue weighted by Crippen LogP contribution is 2.18. The van der Waals surface area contributed by atoms with E-state index in [0.29, 0.717) is 31.7 Å². The minimum Gasteiger partial charge on any atom is -0.497 e. The van der Waals surface area contributed by atoms with Crippen molar-refractivity contribution in [3.63, 3.8) is 0 Å². The van der Waals surface area contributed by atoms with E-state index in [1.807, 2.05) is 0 Å². The number of amides is 1. The van der Waals surface area contributed by atoms with Gasteiger partial charge in [-0.2, -0.15) is 0 Å². The lowest BCUT2D eigenvalue weighted by Crippen LogP contribution is -2.47. The molecule has 1 aromatic carbocycles. The molecule has 1 amide bonds. The van der Waals surface area contributed by atoms with E-state index in [1.165, 1.54) is 26.4 Å². The van der Waals surface area contributed by atoms with Gasteiger partial charge in [-0.3, -0.25) is 4.79 Å². The molecule has 1 fully saturated rings. The molecule has 1 aliphatic heterocycles. The predicted molar refractivity (Wildman–Crippen MR) is 84.8 cm³/mol. The first-order valence-corrected chi connectivity index (χ1v) is 8.87. The highest BCUT2D eigenvalue weighted by molar-refractivity contribution is 7.89. The van der Waals surface area contributed by atoms with E-state index in [4.69, 9.17) is 9.47 Å². The van der Waals surface area contributed by atoms with Crippen LogP contribution in [0.1, 0.15) is 12.8 Å². The molecule has 128 valence electrons. The number of benzene rings is 1. The second kappa shape index (κ2) is 7.76. The summed E-state index contributed by atoms with van der Waals surface area (Å²) in [7, 11) is -0.559. The second-order valence-corrected chi connectivity index (χ2v) is 7.10. The van der Waals surface area contributed by atoms with Gasteiger partial charge in [-0.25, -0.2) is 13.1 Å². The SMILES string of the molecule is COCC(=O)N1CCC(NS(=O)(=O)c2ccc(OC)cc2)CC1. The fourth-order valence-corrected chi connectivity index (χ4v) is 3.81. The van der Waals surface area contributed by atoms with E-state index in [1.54, 1.807) is 17.0 Å². The molecule has 0 aliphatic carbocycles. The normalized spacial score (nSPS) is 16.3. The smallest absolute Gasteiger partial charge is 0.248 e. The molecular formula is C15H22N2O5S. The van der Waals surface area contributed by atoms with Crippen LogP contribution in [0.5, 0.6) is 5.75 Å². The lowest BCUT2D eigenvalue weighted by molar-refractivity contribution is -0.136. The Balaban J connectivity index is 1.93. The highest BCUT2D eigenvalue weighted by Gasteiger charge is 2.26. The third-order valence-corrected chi connectivity index (χ3v) is 5.34. The number of nitrogens with one attached hydrogen (secondary N) is 1. The molecule has 1 aliphatic rings. The highest BCUT2D eigenvalue weighted by atomic mass is 32.2. The Bertz CT molecular complexity index is 622. The van der Waals surface area contributed by atoms with E-state index < -0.39 is 10.0 Å². The number of nitrogens with zero attached hydrogens (tertiary/aromatic N) is 1. The fourth-order valence-electron chi connectivity index (χ4n) is 2.50. The molecule has 7 nitrogen and oxygen atoms in total. The third kappa shape index (κ3) is 4.66. The maximum atomic E-state index is 12.4. The molecule has 8 heteroatoms. The van der Waals surface area contributed by atoms with Crippen LogP contribution in [0.2, 0.25) is 0 Å². The first-order chi connectivity index (χ1) is 11.0. The zero-order valence-corrected chi connectivity index (χ0v) is 14.1. The number of carbonyl (C=O) groups is 1. The van der Waals surface area contributed by atoms with Crippen molar-refractivity contribution in [3.05, 3.63) is 24.3 Å². The van der Waals surface area contributed by atoms with E-state index in [0.717, 1.165) is 0 Å². The summed E-state index contributed by atoms with van der Waals surface area (Å²) in [5, 5.41) is 0. The van der Waals surface area contributed by atoms with Crippen molar-refractivity contribution in [2.45, 2.75) is 23.8 Å². The zero-order chi connectivity index (χ0) is 16.9. The van der Waals surface area contributed by atoms with Gasteiger partial charge in [-0.05, 0) is 37.1 Å². The second-order valence-electron chi connectivity index (χ2n) is 5.38. The summed E-state index contributed by atoms with van der Waals surface area (Å²) in [5.74, 6) is 0.540. The average Bonchev–Trinajstić information content (AvgIpc) is 2.55. The van der Waals surface area contributed by atoms with Gasteiger partial charge in [0.2, 0.25) is 15.9 Å². The van der Waals surface area contributed by atoms with Crippen LogP contribution in [0.15, 0.2) is 29.2 Å². The Morgan fingerprint density at radius 1 is 1.22 bits per heavy atom. The van der Waals surface area contributed by atoms with Gasteiger partial charge in [-0.15, -0.1) is 0 Å². The van der Waals surface area contributed by atoms with E-state index in [-0.39, 0.29) is 23.5 Å². The third-order valence-electron chi connectivity index (χ3n) is 3.81. The average molecular weight is 342 g/mol. The molecule has 1 N–H and O–H groups in total. The number of rotatable bonds is 6. The molecule has 1 aromatic rings. The van der Waals surface area contributed by atoms with Crippen LogP contribution < -0.4 is 9.46 Å². The molecule has 0 saturated carbocycles. The summed E-state index contributed by atoms with van der Waals surface area (Å²) in [4.78, 5) is 13.6. The number of sulfonamides is 1. The monoisotopic (exact) mass is 342 g/mol. The molecule has 0 atom stereocenters. The number of methoxy groups -OCH3 is 2. The molecule has 0 spiro atoms. The molecule has 0 unspecified atom stereocenters. The molecule has 1 heterocycles. The zero-order valence-electron chi connectivity index (χ0n) is 13.3. The minimum atomic E-state index is -3.57. The largest absolute Gasteiger partial charge is 0.497 e. The first kappa shape index (κ1) is 17.7. The maximum absolute atomic E-state index is 12.4. The van der Waals surface area contributed by atoms with E-state index in [9.17, 15) is 13.2 Å². The summed E-state index contributed by atoms with van der Waals surface area (Å²) in [6.45, 7) is 1.11. The number of carbonyl (C=O) groups excluding carboxylic acids is 1. The molecule has 0 radical (unpaired) electrons. The lowest BCUT2D eigenvalue weighted by Gasteiger charge is -2.32. The summed E-state index contributed by atoms with van der Waals surface area (Å²) in [6, 6.07) is 6.08. The molecule has 2 rings (SSSR count). The first-order valence-electron chi connectivity index (χ1n) is 7.39. The van der Waals surface area contributed by atoms with Crippen LogP contribution in [-0.4, -0.2) is 59.2 Å². The number of ether oxygens (including phenoxy) is 2. The van der Waals surface area contributed by atoms with Crippen LogP contribution in [0.4, 0.5) is 0 Å². The van der Waals surface area contributed by atoms with Gasteiger partial charge in [0.15, 0.2) is 0 Å².